The molecular formula is C24H27N3O6S. The van der Waals surface area contributed by atoms with E-state index in [2.05, 4.69) is 31.4 Å². The van der Waals surface area contributed by atoms with Crippen LogP contribution in [-0.4, -0.2) is 44.7 Å². The molecule has 2 aliphatic rings. The number of amides is 3. The summed E-state index contributed by atoms with van der Waals surface area (Å²) in [4.78, 5) is 50.6. The second-order valence-electron chi connectivity index (χ2n) is 9.53. The molecule has 3 amide bonds. The molecular weight excluding hydrogens is 458 g/mol. The number of ketones is 1. The molecule has 3 unspecified atom stereocenters. The minimum atomic E-state index is -1.28. The lowest BCUT2D eigenvalue weighted by Crippen LogP contribution is -2.52. The highest BCUT2D eigenvalue weighted by atomic mass is 32.1. The molecule has 34 heavy (non-hydrogen) atoms. The molecule has 180 valence electrons. The largest absolute Gasteiger partial charge is 0.374 e. The van der Waals surface area contributed by atoms with Crippen LogP contribution in [0.25, 0.3) is 0 Å². The molecule has 1 aromatic heterocycles. The zero-order valence-corrected chi connectivity index (χ0v) is 19.9. The third kappa shape index (κ3) is 4.41. The molecule has 3 heterocycles. The summed E-state index contributed by atoms with van der Waals surface area (Å²) in [6, 6.07) is 6.05. The van der Waals surface area contributed by atoms with Crippen molar-refractivity contribution in [2.75, 3.05) is 0 Å². The van der Waals surface area contributed by atoms with Crippen molar-refractivity contribution in [2.45, 2.75) is 64.1 Å². The summed E-state index contributed by atoms with van der Waals surface area (Å²) in [5, 5.41) is 28.1. The van der Waals surface area contributed by atoms with E-state index in [0.29, 0.717) is 16.0 Å². The van der Waals surface area contributed by atoms with Crippen LogP contribution in [0.15, 0.2) is 29.6 Å². The Balaban J connectivity index is 1.44. The molecule has 4 N–H and O–H groups in total. The summed E-state index contributed by atoms with van der Waals surface area (Å²) in [5.74, 6) is -2.40. The topological polar surface area (TPSA) is 136 Å². The van der Waals surface area contributed by atoms with Crippen LogP contribution >= 0.6 is 11.3 Å². The van der Waals surface area contributed by atoms with E-state index < -0.39 is 36.1 Å². The average Bonchev–Trinajstić information content (AvgIpc) is 3.31. The first-order chi connectivity index (χ1) is 16.0. The molecule has 2 aliphatic heterocycles. The maximum absolute atomic E-state index is 12.6. The number of benzene rings is 1. The van der Waals surface area contributed by atoms with Crippen molar-refractivity contribution >= 4 is 34.8 Å². The van der Waals surface area contributed by atoms with E-state index in [4.69, 9.17) is 0 Å². The van der Waals surface area contributed by atoms with Gasteiger partial charge in [-0.25, -0.2) is 4.90 Å². The predicted octanol–water partition coefficient (Wildman–Crippen LogP) is 1.65. The number of rotatable bonds is 5. The summed E-state index contributed by atoms with van der Waals surface area (Å²) in [6.07, 6.45) is -2.22. The van der Waals surface area contributed by atoms with E-state index in [9.17, 15) is 29.4 Å². The lowest BCUT2D eigenvalue weighted by molar-refractivity contribution is -0.154. The summed E-state index contributed by atoms with van der Waals surface area (Å²) in [6.45, 7) is 6.16. The van der Waals surface area contributed by atoms with Gasteiger partial charge in [-0.05, 0) is 22.8 Å². The molecule has 9 nitrogen and oxygen atoms in total. The van der Waals surface area contributed by atoms with Crippen molar-refractivity contribution in [1.29, 1.82) is 0 Å². The van der Waals surface area contributed by atoms with Gasteiger partial charge in [0.05, 0.1) is 12.6 Å². The smallest absolute Gasteiger partial charge is 0.292 e. The Morgan fingerprint density at radius 2 is 1.82 bits per heavy atom. The van der Waals surface area contributed by atoms with E-state index in [1.54, 1.807) is 17.5 Å². The Kier molecular flexibility index (Phi) is 6.43. The fourth-order valence-electron chi connectivity index (χ4n) is 4.30. The van der Waals surface area contributed by atoms with Gasteiger partial charge in [0.2, 0.25) is 17.6 Å². The van der Waals surface area contributed by atoms with Crippen molar-refractivity contribution in [2.24, 2.45) is 0 Å². The molecule has 3 atom stereocenters. The number of thiophene rings is 1. The van der Waals surface area contributed by atoms with E-state index in [-0.39, 0.29) is 36.3 Å². The Morgan fingerprint density at radius 3 is 2.44 bits per heavy atom. The minimum absolute atomic E-state index is 0.0163. The van der Waals surface area contributed by atoms with E-state index in [1.165, 1.54) is 16.2 Å². The second kappa shape index (κ2) is 9.03. The first-order valence-corrected chi connectivity index (χ1v) is 11.9. The van der Waals surface area contributed by atoms with E-state index >= 15 is 0 Å². The highest BCUT2D eigenvalue weighted by Crippen LogP contribution is 2.46. The molecule has 0 spiro atoms. The number of aliphatic hydroxyl groups is 2. The standard InChI is InChI=1S/C24H27N3O6S/c1-24(2,3)13-6-4-12(5-7-13)19(29)21(31)25-10-16-18-14(11-34-16)22(32)27(23(18)33)15-8-9-17(28)26-20(15)30/h4-7,11,15,22-23,32-33H,8-10H2,1-3H3,(H,25,31)(H,26,28,30). The van der Waals surface area contributed by atoms with Crippen LogP contribution in [0.2, 0.25) is 0 Å². The number of nitrogens with zero attached hydrogens (tertiary/aromatic N) is 1. The highest BCUT2D eigenvalue weighted by molar-refractivity contribution is 7.10. The first kappa shape index (κ1) is 24.2. The van der Waals surface area contributed by atoms with Crippen LogP contribution in [0.3, 0.4) is 0 Å². The van der Waals surface area contributed by atoms with Crippen LogP contribution in [0.4, 0.5) is 0 Å². The summed E-state index contributed by atoms with van der Waals surface area (Å²) >= 11 is 1.24. The van der Waals surface area contributed by atoms with Crippen LogP contribution in [0.1, 0.15) is 78.0 Å². The molecule has 1 saturated heterocycles. The number of Topliss-reactive ketones (excluding diaryl/α,β-unsaturated/α-hetero) is 1. The van der Waals surface area contributed by atoms with Gasteiger partial charge in [-0.2, -0.15) is 0 Å². The van der Waals surface area contributed by atoms with Gasteiger partial charge >= 0.3 is 0 Å². The average molecular weight is 486 g/mol. The zero-order chi connectivity index (χ0) is 24.8. The lowest BCUT2D eigenvalue weighted by Gasteiger charge is -2.34. The molecule has 0 aliphatic carbocycles. The van der Waals surface area contributed by atoms with Gasteiger partial charge < -0.3 is 15.5 Å². The fraction of sp³-hybridized carbons (Fsp3) is 0.417. The molecule has 2 aromatic rings. The molecule has 10 heteroatoms. The van der Waals surface area contributed by atoms with Crippen molar-refractivity contribution in [3.05, 3.63) is 56.8 Å². The van der Waals surface area contributed by atoms with Crippen LogP contribution < -0.4 is 10.6 Å². The summed E-state index contributed by atoms with van der Waals surface area (Å²) in [7, 11) is 0. The fourth-order valence-corrected chi connectivity index (χ4v) is 5.32. The second-order valence-corrected chi connectivity index (χ2v) is 10.5. The van der Waals surface area contributed by atoms with Crippen LogP contribution in [0.5, 0.6) is 0 Å². The van der Waals surface area contributed by atoms with Crippen molar-refractivity contribution < 1.29 is 29.4 Å². The Labute approximate surface area is 200 Å². The number of nitrogens with one attached hydrogen (secondary N) is 2. The number of carbonyl (C=O) groups is 4. The van der Waals surface area contributed by atoms with Crippen molar-refractivity contribution in [3.63, 3.8) is 0 Å². The maximum Gasteiger partial charge on any atom is 0.292 e. The van der Waals surface area contributed by atoms with Gasteiger partial charge in [-0.15, -0.1) is 11.3 Å². The van der Waals surface area contributed by atoms with Crippen LogP contribution in [-0.2, 0) is 26.3 Å². The Hall–Kier alpha value is -2.92. The molecule has 1 fully saturated rings. The Morgan fingerprint density at radius 1 is 1.15 bits per heavy atom. The van der Waals surface area contributed by atoms with Crippen molar-refractivity contribution in [1.82, 2.24) is 15.5 Å². The van der Waals surface area contributed by atoms with Gasteiger partial charge in [-0.3, -0.25) is 24.5 Å². The number of carbonyl (C=O) groups excluding carboxylic acids is 4. The minimum Gasteiger partial charge on any atom is -0.374 e. The first-order valence-electron chi connectivity index (χ1n) is 11.0. The lowest BCUT2D eigenvalue weighted by atomic mass is 9.86. The molecule has 0 bridgehead atoms. The number of piperidine rings is 1. The van der Waals surface area contributed by atoms with Gasteiger partial charge in [0.15, 0.2) is 0 Å². The zero-order valence-electron chi connectivity index (χ0n) is 19.1. The SMILES string of the molecule is CC(C)(C)c1ccc(C(=O)C(=O)NCc2scc3c2C(O)N(C2CCC(=O)NC2=O)C3O)cc1. The van der Waals surface area contributed by atoms with Gasteiger partial charge in [0.1, 0.15) is 12.5 Å². The summed E-state index contributed by atoms with van der Waals surface area (Å²) < 4.78 is 0. The van der Waals surface area contributed by atoms with Gasteiger partial charge in [0, 0.05) is 28.0 Å². The van der Waals surface area contributed by atoms with E-state index in [0.717, 1.165) is 5.56 Å². The Bertz CT molecular complexity index is 1150. The normalized spacial score (nSPS) is 22.9. The van der Waals surface area contributed by atoms with Crippen LogP contribution in [0, 0.1) is 0 Å². The number of fused-ring (bicyclic) bond motifs is 1. The molecule has 0 radical (unpaired) electrons. The number of hydrogen-bond donors (Lipinski definition) is 4. The number of hydrogen-bond acceptors (Lipinski definition) is 8. The van der Waals surface area contributed by atoms with E-state index in [1.807, 2.05) is 12.1 Å². The third-order valence-corrected chi connectivity index (χ3v) is 7.26. The van der Waals surface area contributed by atoms with Crippen molar-refractivity contribution in [3.8, 4) is 0 Å². The highest BCUT2D eigenvalue weighted by Gasteiger charge is 2.46. The quantitative estimate of drug-likeness (QED) is 0.287. The molecule has 4 rings (SSSR count). The maximum atomic E-state index is 12.6. The third-order valence-electron chi connectivity index (χ3n) is 6.24. The number of imide groups is 1. The molecule has 0 saturated carbocycles. The predicted molar refractivity (Wildman–Crippen MR) is 124 cm³/mol. The van der Waals surface area contributed by atoms with Gasteiger partial charge in [-0.1, -0.05) is 45.0 Å². The monoisotopic (exact) mass is 485 g/mol. The molecule has 1 aromatic carbocycles. The summed E-state index contributed by atoms with van der Waals surface area (Å²) in [5.41, 5.74) is 2.10. The van der Waals surface area contributed by atoms with Gasteiger partial charge in [0.25, 0.3) is 5.91 Å². The number of aliphatic hydroxyl groups excluding tert-OH is 2.